The number of aromatic nitrogens is 3. The zero-order valence-corrected chi connectivity index (χ0v) is 19.8. The van der Waals surface area contributed by atoms with Crippen molar-refractivity contribution in [3.63, 3.8) is 0 Å². The topological polar surface area (TPSA) is 146 Å². The highest BCUT2D eigenvalue weighted by atomic mass is 32.2. The second-order valence-electron chi connectivity index (χ2n) is 7.76. The predicted octanol–water partition coefficient (Wildman–Crippen LogP) is 2.57. The van der Waals surface area contributed by atoms with Gasteiger partial charge in [0.15, 0.2) is 0 Å². The van der Waals surface area contributed by atoms with E-state index in [4.69, 9.17) is 5.73 Å². The summed E-state index contributed by atoms with van der Waals surface area (Å²) < 4.78 is 25.2. The van der Waals surface area contributed by atoms with Crippen molar-refractivity contribution in [2.24, 2.45) is 0 Å². The molecule has 3 heterocycles. The second kappa shape index (κ2) is 9.02. The van der Waals surface area contributed by atoms with E-state index in [0.717, 1.165) is 27.2 Å². The number of aromatic amines is 1. The van der Waals surface area contributed by atoms with Gasteiger partial charge in [0.2, 0.25) is 10.0 Å². The van der Waals surface area contributed by atoms with E-state index in [1.807, 2.05) is 18.2 Å². The van der Waals surface area contributed by atoms with Crippen LogP contribution in [0.1, 0.15) is 15.9 Å². The fourth-order valence-electron chi connectivity index (χ4n) is 3.61. The number of benzene rings is 1. The Balaban J connectivity index is 1.69. The van der Waals surface area contributed by atoms with Crippen molar-refractivity contribution in [2.75, 3.05) is 35.7 Å². The van der Waals surface area contributed by atoms with Gasteiger partial charge < -0.3 is 21.4 Å². The van der Waals surface area contributed by atoms with E-state index in [2.05, 4.69) is 25.6 Å². The summed E-state index contributed by atoms with van der Waals surface area (Å²) in [5, 5.41) is 6.70. The zero-order chi connectivity index (χ0) is 24.5. The van der Waals surface area contributed by atoms with Gasteiger partial charge in [0.25, 0.3) is 5.91 Å². The molecule has 34 heavy (non-hydrogen) atoms. The van der Waals surface area contributed by atoms with Crippen molar-refractivity contribution in [3.8, 4) is 11.3 Å². The number of hydrogen-bond acceptors (Lipinski definition) is 7. The van der Waals surface area contributed by atoms with Crippen LogP contribution in [0.2, 0.25) is 0 Å². The van der Waals surface area contributed by atoms with Crippen LogP contribution in [-0.2, 0) is 16.6 Å². The zero-order valence-electron chi connectivity index (χ0n) is 19.0. The molecule has 4 rings (SSSR count). The van der Waals surface area contributed by atoms with Crippen LogP contribution in [0.15, 0.2) is 54.9 Å². The maximum absolute atomic E-state index is 12.0. The van der Waals surface area contributed by atoms with Crippen LogP contribution in [0.25, 0.3) is 22.3 Å². The van der Waals surface area contributed by atoms with Crippen LogP contribution in [0.5, 0.6) is 0 Å². The van der Waals surface area contributed by atoms with Gasteiger partial charge in [-0.3, -0.25) is 9.10 Å². The van der Waals surface area contributed by atoms with E-state index in [1.54, 1.807) is 43.7 Å². The molecule has 1 aromatic carbocycles. The number of carbonyl (C=O) groups is 1. The number of nitrogen functional groups attached to an aromatic ring is 1. The van der Waals surface area contributed by atoms with E-state index in [-0.39, 0.29) is 5.91 Å². The monoisotopic (exact) mass is 479 g/mol. The number of amides is 1. The number of sulfonamides is 1. The second-order valence-corrected chi connectivity index (χ2v) is 9.78. The van der Waals surface area contributed by atoms with E-state index in [1.165, 1.54) is 7.05 Å². The molecule has 11 heteroatoms. The van der Waals surface area contributed by atoms with Crippen molar-refractivity contribution in [1.29, 1.82) is 0 Å². The van der Waals surface area contributed by atoms with Gasteiger partial charge in [0.05, 0.1) is 23.8 Å². The van der Waals surface area contributed by atoms with E-state index in [9.17, 15) is 13.2 Å². The minimum atomic E-state index is -3.47. The fraction of sp³-hybridized carbons (Fsp3) is 0.174. The highest BCUT2D eigenvalue weighted by Gasteiger charge is 2.18. The van der Waals surface area contributed by atoms with E-state index in [0.29, 0.717) is 40.5 Å². The summed E-state index contributed by atoms with van der Waals surface area (Å²) in [7, 11) is -0.417. The lowest BCUT2D eigenvalue weighted by Crippen LogP contribution is -2.27. The van der Waals surface area contributed by atoms with Gasteiger partial charge in [0.1, 0.15) is 11.5 Å². The predicted molar refractivity (Wildman–Crippen MR) is 134 cm³/mol. The summed E-state index contributed by atoms with van der Waals surface area (Å²) >= 11 is 0. The third kappa shape index (κ3) is 4.50. The number of anilines is 3. The van der Waals surface area contributed by atoms with Gasteiger partial charge in [-0.2, -0.15) is 0 Å². The van der Waals surface area contributed by atoms with Gasteiger partial charge >= 0.3 is 0 Å². The lowest BCUT2D eigenvalue weighted by atomic mass is 10.1. The van der Waals surface area contributed by atoms with Crippen molar-refractivity contribution < 1.29 is 13.2 Å². The number of fused-ring (bicyclic) bond motifs is 1. The normalized spacial score (nSPS) is 11.4. The molecular formula is C23H25N7O3S. The van der Waals surface area contributed by atoms with Gasteiger partial charge in [-0.05, 0) is 29.8 Å². The van der Waals surface area contributed by atoms with E-state index < -0.39 is 10.0 Å². The average Bonchev–Trinajstić information content (AvgIpc) is 3.27. The summed E-state index contributed by atoms with van der Waals surface area (Å²) in [4.78, 5) is 23.9. The standard InChI is InChI=1S/C23H25N7O3S/c1-25-23(31)15-7-4-6-14(10-15)19-11-17-20(18(24)13-28-21(17)29-19)27-12-16-8-5-9-26-22(16)30(2)34(3,32)33/h4-11,13H,12,24H2,1-3H3,(H,25,31)(H2,27,28,29). The van der Waals surface area contributed by atoms with Crippen LogP contribution in [-0.4, -0.2) is 49.6 Å². The number of nitrogens with zero attached hydrogens (tertiary/aromatic N) is 3. The van der Waals surface area contributed by atoms with Crippen molar-refractivity contribution >= 4 is 44.2 Å². The summed E-state index contributed by atoms with van der Waals surface area (Å²) in [5.41, 5.74) is 10.8. The lowest BCUT2D eigenvalue weighted by molar-refractivity contribution is 0.0963. The third-order valence-electron chi connectivity index (χ3n) is 5.47. The quantitative estimate of drug-likeness (QED) is 0.319. The Hall–Kier alpha value is -4.12. The van der Waals surface area contributed by atoms with Gasteiger partial charge in [-0.1, -0.05) is 18.2 Å². The smallest absolute Gasteiger partial charge is 0.251 e. The van der Waals surface area contributed by atoms with Crippen LogP contribution in [0.4, 0.5) is 17.2 Å². The molecule has 3 aromatic heterocycles. The van der Waals surface area contributed by atoms with E-state index >= 15 is 0 Å². The molecule has 0 aliphatic carbocycles. The Labute approximate surface area is 197 Å². The molecule has 0 bridgehead atoms. The van der Waals surface area contributed by atoms with Crippen molar-refractivity contribution in [1.82, 2.24) is 20.3 Å². The van der Waals surface area contributed by atoms with Crippen LogP contribution in [0, 0.1) is 0 Å². The first-order valence-electron chi connectivity index (χ1n) is 10.4. The Morgan fingerprint density at radius 2 is 1.97 bits per heavy atom. The first-order valence-corrected chi connectivity index (χ1v) is 12.2. The summed E-state index contributed by atoms with van der Waals surface area (Å²) in [6.07, 6.45) is 4.23. The number of hydrogen-bond donors (Lipinski definition) is 4. The maximum Gasteiger partial charge on any atom is 0.251 e. The Morgan fingerprint density at radius 3 is 2.71 bits per heavy atom. The third-order valence-corrected chi connectivity index (χ3v) is 6.64. The molecule has 0 spiro atoms. The van der Waals surface area contributed by atoms with Crippen LogP contribution < -0.4 is 20.7 Å². The number of pyridine rings is 2. The first kappa shape index (κ1) is 23.1. The van der Waals surface area contributed by atoms with Crippen LogP contribution in [0.3, 0.4) is 0 Å². The first-order chi connectivity index (χ1) is 16.2. The van der Waals surface area contributed by atoms with Crippen LogP contribution >= 0.6 is 0 Å². The molecule has 0 radical (unpaired) electrons. The molecule has 1 amide bonds. The molecule has 0 saturated carbocycles. The molecule has 0 fully saturated rings. The molecule has 176 valence electrons. The number of carbonyl (C=O) groups excluding carboxylic acids is 1. The maximum atomic E-state index is 12.0. The number of rotatable bonds is 7. The molecule has 0 saturated heterocycles. The number of H-pyrrole nitrogens is 1. The molecule has 0 aliphatic rings. The van der Waals surface area contributed by atoms with Gasteiger partial charge in [-0.25, -0.2) is 18.4 Å². The Kier molecular flexibility index (Phi) is 6.12. The average molecular weight is 480 g/mol. The minimum absolute atomic E-state index is 0.172. The molecule has 0 unspecified atom stereocenters. The largest absolute Gasteiger partial charge is 0.396 e. The minimum Gasteiger partial charge on any atom is -0.396 e. The Bertz CT molecular complexity index is 1480. The highest BCUT2D eigenvalue weighted by Crippen LogP contribution is 2.33. The van der Waals surface area contributed by atoms with Crippen molar-refractivity contribution in [3.05, 3.63) is 66.0 Å². The molecular weight excluding hydrogens is 454 g/mol. The van der Waals surface area contributed by atoms with Gasteiger partial charge in [-0.15, -0.1) is 0 Å². The van der Waals surface area contributed by atoms with Gasteiger partial charge in [0, 0.05) is 49.0 Å². The van der Waals surface area contributed by atoms with Crippen molar-refractivity contribution in [2.45, 2.75) is 6.54 Å². The molecule has 0 aliphatic heterocycles. The number of nitrogens with two attached hydrogens (primary N) is 1. The summed E-state index contributed by atoms with van der Waals surface area (Å²) in [6, 6.07) is 12.7. The summed E-state index contributed by atoms with van der Waals surface area (Å²) in [6.45, 7) is 0.291. The molecule has 4 aromatic rings. The highest BCUT2D eigenvalue weighted by molar-refractivity contribution is 7.92. The summed E-state index contributed by atoms with van der Waals surface area (Å²) in [5.74, 6) is 0.163. The lowest BCUT2D eigenvalue weighted by Gasteiger charge is -2.19. The molecule has 5 N–H and O–H groups in total. The number of nitrogens with one attached hydrogen (secondary N) is 3. The SMILES string of the molecule is CNC(=O)c1cccc(-c2cc3c(NCc4cccnc4N(C)S(C)(=O)=O)c(N)cnc3[nH]2)c1. The fourth-order valence-corrected chi connectivity index (χ4v) is 4.09. The molecule has 10 nitrogen and oxygen atoms in total. The molecule has 0 atom stereocenters. The Morgan fingerprint density at radius 1 is 1.18 bits per heavy atom.